The van der Waals surface area contributed by atoms with Crippen molar-refractivity contribution in [2.45, 2.75) is 50.3 Å². The van der Waals surface area contributed by atoms with Crippen LogP contribution in [0.1, 0.15) is 63.7 Å². The third-order valence-electron chi connectivity index (χ3n) is 7.42. The van der Waals surface area contributed by atoms with Crippen LogP contribution in [0.4, 0.5) is 10.1 Å². The highest BCUT2D eigenvalue weighted by molar-refractivity contribution is 8.00. The van der Waals surface area contributed by atoms with Crippen LogP contribution < -0.4 is 4.90 Å². The molecule has 6 heteroatoms. The third kappa shape index (κ3) is 4.79. The van der Waals surface area contributed by atoms with Crippen molar-refractivity contribution in [1.29, 1.82) is 0 Å². The summed E-state index contributed by atoms with van der Waals surface area (Å²) in [4.78, 5) is 27.6. The van der Waals surface area contributed by atoms with Crippen LogP contribution in [0.2, 0.25) is 0 Å². The lowest BCUT2D eigenvalue weighted by atomic mass is 9.79. The van der Waals surface area contributed by atoms with Gasteiger partial charge in [0.2, 0.25) is 5.91 Å². The number of thioether (sulfide) groups is 1. The van der Waals surface area contributed by atoms with E-state index in [1.807, 2.05) is 13.0 Å². The second-order valence-electron chi connectivity index (χ2n) is 9.91. The topological polar surface area (TPSA) is 46.6 Å². The second-order valence-corrected chi connectivity index (χ2v) is 11.0. The number of amides is 1. The molecule has 1 atom stereocenters. The predicted molar refractivity (Wildman–Crippen MR) is 142 cm³/mol. The first-order chi connectivity index (χ1) is 17.4. The molecule has 3 aromatic carbocycles. The normalized spacial score (nSPS) is 19.0. The fourth-order valence-electron chi connectivity index (χ4n) is 5.37. The first-order valence-corrected chi connectivity index (χ1v) is 13.5. The summed E-state index contributed by atoms with van der Waals surface area (Å²) in [5.74, 6) is -0.304. The molecular formula is C30H30FNO3S. The van der Waals surface area contributed by atoms with Crippen molar-refractivity contribution in [3.63, 3.8) is 0 Å². The number of rotatable bonds is 6. The van der Waals surface area contributed by atoms with E-state index in [0.29, 0.717) is 17.9 Å². The molecule has 1 unspecified atom stereocenters. The maximum absolute atomic E-state index is 13.4. The third-order valence-corrected chi connectivity index (χ3v) is 8.63. The Morgan fingerprint density at radius 3 is 2.39 bits per heavy atom. The second kappa shape index (κ2) is 10.1. The van der Waals surface area contributed by atoms with Gasteiger partial charge in [0.05, 0.1) is 11.3 Å². The Kier molecular flexibility index (Phi) is 6.89. The Morgan fingerprint density at radius 2 is 1.72 bits per heavy atom. The van der Waals surface area contributed by atoms with Crippen LogP contribution in [0.15, 0.2) is 66.7 Å². The maximum Gasteiger partial charge on any atom is 0.338 e. The lowest BCUT2D eigenvalue weighted by Crippen LogP contribution is -2.30. The highest BCUT2D eigenvalue weighted by Crippen LogP contribution is 2.44. The van der Waals surface area contributed by atoms with Gasteiger partial charge in [-0.3, -0.25) is 9.69 Å². The van der Waals surface area contributed by atoms with Gasteiger partial charge in [0, 0.05) is 11.1 Å². The number of carbonyl (C=O) groups is 2. The summed E-state index contributed by atoms with van der Waals surface area (Å²) < 4.78 is 19.3. The lowest BCUT2D eigenvalue weighted by Gasteiger charge is -2.29. The predicted octanol–water partition coefficient (Wildman–Crippen LogP) is 6.89. The zero-order valence-corrected chi connectivity index (χ0v) is 21.4. The standard InChI is InChI=1S/C30H30FNO3S/c1-20-5-10-24(11-6-20)30(15-3-4-16-30)19-35-29(34)23-9-14-26(21(2)17-23)32-27(33)18-36-28(32)22-7-12-25(31)13-8-22/h5-14,17,28H,3-4,15-16,18-19H2,1-2H3. The molecular weight excluding hydrogens is 473 g/mol. The molecule has 0 bridgehead atoms. The van der Waals surface area contributed by atoms with E-state index in [1.54, 1.807) is 29.2 Å². The molecule has 1 amide bonds. The largest absolute Gasteiger partial charge is 0.461 e. The number of ether oxygens (including phenoxy) is 1. The zero-order valence-electron chi connectivity index (χ0n) is 20.6. The first kappa shape index (κ1) is 24.6. The molecule has 3 aromatic rings. The molecule has 1 aliphatic heterocycles. The van der Waals surface area contributed by atoms with Crippen LogP contribution in [0, 0.1) is 19.7 Å². The summed E-state index contributed by atoms with van der Waals surface area (Å²) in [6.07, 6.45) is 4.30. The summed E-state index contributed by atoms with van der Waals surface area (Å²) in [6, 6.07) is 20.2. The van der Waals surface area contributed by atoms with Crippen LogP contribution in [0.5, 0.6) is 0 Å². The molecule has 2 fully saturated rings. The quantitative estimate of drug-likeness (QED) is 0.344. The molecule has 1 saturated carbocycles. The number of hydrogen-bond acceptors (Lipinski definition) is 4. The van der Waals surface area contributed by atoms with Crippen molar-refractivity contribution in [3.8, 4) is 0 Å². The molecule has 186 valence electrons. The molecule has 5 rings (SSSR count). The van der Waals surface area contributed by atoms with E-state index in [2.05, 4.69) is 31.2 Å². The van der Waals surface area contributed by atoms with E-state index in [0.717, 1.165) is 42.5 Å². The Labute approximate surface area is 215 Å². The van der Waals surface area contributed by atoms with Crippen molar-refractivity contribution in [2.75, 3.05) is 17.3 Å². The SMILES string of the molecule is Cc1ccc(C2(COC(=O)c3ccc(N4C(=O)CSC4c4ccc(F)cc4)c(C)c3)CCCC2)cc1. The average molecular weight is 504 g/mol. The average Bonchev–Trinajstić information content (AvgIpc) is 3.51. The molecule has 4 nitrogen and oxygen atoms in total. The minimum Gasteiger partial charge on any atom is -0.461 e. The Hall–Kier alpha value is -3.12. The van der Waals surface area contributed by atoms with Gasteiger partial charge in [0.25, 0.3) is 0 Å². The van der Waals surface area contributed by atoms with Gasteiger partial charge < -0.3 is 4.74 Å². The maximum atomic E-state index is 13.4. The molecule has 0 N–H and O–H groups in total. The molecule has 1 heterocycles. The van der Waals surface area contributed by atoms with E-state index in [9.17, 15) is 14.0 Å². The van der Waals surface area contributed by atoms with Gasteiger partial charge in [-0.1, -0.05) is 54.8 Å². The van der Waals surface area contributed by atoms with Crippen LogP contribution in [-0.4, -0.2) is 24.2 Å². The van der Waals surface area contributed by atoms with Gasteiger partial charge in [0.1, 0.15) is 17.8 Å². The zero-order chi connectivity index (χ0) is 25.3. The lowest BCUT2D eigenvalue weighted by molar-refractivity contribution is -0.115. The van der Waals surface area contributed by atoms with Crippen LogP contribution in [0.3, 0.4) is 0 Å². The Bertz CT molecular complexity index is 1270. The number of esters is 1. The van der Waals surface area contributed by atoms with Crippen molar-refractivity contribution in [3.05, 3.63) is 100 Å². The fourth-order valence-corrected chi connectivity index (χ4v) is 6.54. The smallest absolute Gasteiger partial charge is 0.338 e. The minimum absolute atomic E-state index is 0.00553. The summed E-state index contributed by atoms with van der Waals surface area (Å²) in [6.45, 7) is 4.34. The minimum atomic E-state index is -0.347. The number of benzene rings is 3. The first-order valence-electron chi connectivity index (χ1n) is 12.4. The van der Waals surface area contributed by atoms with Gasteiger partial charge in [-0.15, -0.1) is 11.8 Å². The molecule has 0 radical (unpaired) electrons. The van der Waals surface area contributed by atoms with E-state index >= 15 is 0 Å². The van der Waals surface area contributed by atoms with Crippen LogP contribution in [0.25, 0.3) is 0 Å². The fraction of sp³-hybridized carbons (Fsp3) is 0.333. The van der Waals surface area contributed by atoms with Gasteiger partial charge in [-0.05, 0) is 73.7 Å². The highest BCUT2D eigenvalue weighted by atomic mass is 32.2. The van der Waals surface area contributed by atoms with Gasteiger partial charge in [0.15, 0.2) is 0 Å². The van der Waals surface area contributed by atoms with E-state index in [1.165, 1.54) is 35.0 Å². The molecule has 0 spiro atoms. The molecule has 1 saturated heterocycles. The molecule has 36 heavy (non-hydrogen) atoms. The van der Waals surface area contributed by atoms with Crippen LogP contribution >= 0.6 is 11.8 Å². The van der Waals surface area contributed by atoms with Gasteiger partial charge in [-0.25, -0.2) is 9.18 Å². The molecule has 0 aromatic heterocycles. The number of carbonyl (C=O) groups excluding carboxylic acids is 2. The number of aryl methyl sites for hydroxylation is 2. The van der Waals surface area contributed by atoms with Crippen molar-refractivity contribution in [1.82, 2.24) is 0 Å². The highest BCUT2D eigenvalue weighted by Gasteiger charge is 2.38. The van der Waals surface area contributed by atoms with Crippen molar-refractivity contribution >= 4 is 29.3 Å². The van der Waals surface area contributed by atoms with Gasteiger partial charge >= 0.3 is 5.97 Å². The van der Waals surface area contributed by atoms with E-state index < -0.39 is 0 Å². The van der Waals surface area contributed by atoms with E-state index in [4.69, 9.17) is 4.74 Å². The van der Waals surface area contributed by atoms with Crippen molar-refractivity contribution < 1.29 is 18.7 Å². The summed E-state index contributed by atoms with van der Waals surface area (Å²) >= 11 is 1.51. The Morgan fingerprint density at radius 1 is 1.03 bits per heavy atom. The number of anilines is 1. The van der Waals surface area contributed by atoms with E-state index in [-0.39, 0.29) is 28.5 Å². The molecule has 1 aliphatic carbocycles. The Balaban J connectivity index is 1.33. The van der Waals surface area contributed by atoms with Crippen molar-refractivity contribution in [2.24, 2.45) is 0 Å². The van der Waals surface area contributed by atoms with Crippen LogP contribution in [-0.2, 0) is 14.9 Å². The summed E-state index contributed by atoms with van der Waals surface area (Å²) in [5.41, 5.74) is 5.25. The molecule has 2 aliphatic rings. The monoisotopic (exact) mass is 503 g/mol. The van der Waals surface area contributed by atoms with Gasteiger partial charge in [-0.2, -0.15) is 0 Å². The number of hydrogen-bond donors (Lipinski definition) is 0. The summed E-state index contributed by atoms with van der Waals surface area (Å²) in [7, 11) is 0. The number of nitrogens with zero attached hydrogens (tertiary/aromatic N) is 1. The number of halogens is 1. The summed E-state index contributed by atoms with van der Waals surface area (Å²) in [5, 5.41) is -0.230.